The number of hydrogen-bond donors (Lipinski definition) is 2. The monoisotopic (exact) mass is 292 g/mol. The van der Waals surface area contributed by atoms with Gasteiger partial charge >= 0.3 is 5.97 Å². The van der Waals surface area contributed by atoms with Crippen LogP contribution in [0.4, 0.5) is 5.69 Å². The highest BCUT2D eigenvalue weighted by molar-refractivity contribution is 5.96. The van der Waals surface area contributed by atoms with Crippen LogP contribution in [-0.4, -0.2) is 24.0 Å². The van der Waals surface area contributed by atoms with E-state index in [2.05, 4.69) is 5.32 Å². The number of ether oxygens (including phenoxy) is 1. The molecule has 0 fully saturated rings. The van der Waals surface area contributed by atoms with E-state index in [-0.39, 0.29) is 23.4 Å². The Morgan fingerprint density at radius 3 is 2.10 bits per heavy atom. The third-order valence-electron chi connectivity index (χ3n) is 2.95. The molecule has 0 heterocycles. The first-order chi connectivity index (χ1) is 9.61. The molecule has 0 aliphatic rings. The molecule has 5 nitrogen and oxygen atoms in total. The van der Waals surface area contributed by atoms with Crippen LogP contribution < -0.4 is 11.1 Å². The number of hydrogen-bond acceptors (Lipinski definition) is 4. The van der Waals surface area contributed by atoms with E-state index in [1.165, 1.54) is 0 Å². The van der Waals surface area contributed by atoms with Gasteiger partial charge in [-0.05, 0) is 43.5 Å². The molecule has 0 aliphatic carbocycles. The SMILES string of the molecule is CC(C)OC(=O)c1ccc(NC(=O)[C@@H](N)C(C)(C)C)cc1. The molecular formula is C16H24N2O3. The van der Waals surface area contributed by atoms with Crippen LogP contribution in [0.5, 0.6) is 0 Å². The van der Waals surface area contributed by atoms with Gasteiger partial charge in [-0.2, -0.15) is 0 Å². The Morgan fingerprint density at radius 1 is 1.14 bits per heavy atom. The van der Waals surface area contributed by atoms with Crippen LogP contribution in [0.15, 0.2) is 24.3 Å². The lowest BCUT2D eigenvalue weighted by molar-refractivity contribution is -0.119. The van der Waals surface area contributed by atoms with Gasteiger partial charge in [0.2, 0.25) is 5.91 Å². The van der Waals surface area contributed by atoms with Gasteiger partial charge in [0.25, 0.3) is 0 Å². The first-order valence-corrected chi connectivity index (χ1v) is 6.98. The van der Waals surface area contributed by atoms with Crippen molar-refractivity contribution < 1.29 is 14.3 Å². The molecular weight excluding hydrogens is 268 g/mol. The number of carbonyl (C=O) groups excluding carboxylic acids is 2. The van der Waals surface area contributed by atoms with Gasteiger partial charge in [0, 0.05) is 5.69 Å². The first-order valence-electron chi connectivity index (χ1n) is 6.98. The van der Waals surface area contributed by atoms with E-state index in [4.69, 9.17) is 10.5 Å². The van der Waals surface area contributed by atoms with Crippen LogP contribution in [0.25, 0.3) is 0 Å². The number of esters is 1. The fourth-order valence-electron chi connectivity index (χ4n) is 1.59. The third-order valence-corrected chi connectivity index (χ3v) is 2.95. The molecule has 1 rings (SSSR count). The molecule has 0 aliphatic heterocycles. The van der Waals surface area contributed by atoms with Crippen LogP contribution in [0, 0.1) is 5.41 Å². The summed E-state index contributed by atoms with van der Waals surface area (Å²) in [5.74, 6) is -0.630. The normalized spacial score (nSPS) is 12.9. The van der Waals surface area contributed by atoms with E-state index in [0.29, 0.717) is 11.3 Å². The van der Waals surface area contributed by atoms with E-state index < -0.39 is 6.04 Å². The van der Waals surface area contributed by atoms with Crippen molar-refractivity contribution in [3.05, 3.63) is 29.8 Å². The number of benzene rings is 1. The van der Waals surface area contributed by atoms with Crippen molar-refractivity contribution in [2.24, 2.45) is 11.1 Å². The summed E-state index contributed by atoms with van der Waals surface area (Å²) in [5, 5.41) is 2.74. The first kappa shape index (κ1) is 17.2. The van der Waals surface area contributed by atoms with Gasteiger partial charge < -0.3 is 15.8 Å². The average Bonchev–Trinajstić information content (AvgIpc) is 2.36. The lowest BCUT2D eigenvalue weighted by atomic mass is 9.87. The molecule has 0 saturated heterocycles. The fourth-order valence-corrected chi connectivity index (χ4v) is 1.59. The molecule has 1 aromatic rings. The fraction of sp³-hybridized carbons (Fsp3) is 0.500. The molecule has 21 heavy (non-hydrogen) atoms. The molecule has 1 aromatic carbocycles. The van der Waals surface area contributed by atoms with E-state index in [1.54, 1.807) is 38.1 Å². The standard InChI is InChI=1S/C16H24N2O3/c1-10(2)21-15(20)11-6-8-12(9-7-11)18-14(19)13(17)16(3,4)5/h6-10,13H,17H2,1-5H3,(H,18,19)/t13-/m1/s1. The number of nitrogens with one attached hydrogen (secondary N) is 1. The second-order valence-electron chi connectivity index (χ2n) is 6.36. The summed E-state index contributed by atoms with van der Waals surface area (Å²) in [6.45, 7) is 9.30. The highest BCUT2D eigenvalue weighted by Crippen LogP contribution is 2.19. The van der Waals surface area contributed by atoms with Gasteiger partial charge in [-0.15, -0.1) is 0 Å². The topological polar surface area (TPSA) is 81.4 Å². The summed E-state index contributed by atoms with van der Waals surface area (Å²) in [6.07, 6.45) is -0.165. The Kier molecular flexibility index (Phi) is 5.49. The van der Waals surface area contributed by atoms with Crippen molar-refractivity contribution in [2.45, 2.75) is 46.8 Å². The predicted molar refractivity (Wildman–Crippen MR) is 83.1 cm³/mol. The number of carbonyl (C=O) groups is 2. The van der Waals surface area contributed by atoms with Crippen LogP contribution in [0.2, 0.25) is 0 Å². The van der Waals surface area contributed by atoms with E-state index >= 15 is 0 Å². The smallest absolute Gasteiger partial charge is 0.338 e. The molecule has 0 aromatic heterocycles. The summed E-state index contributed by atoms with van der Waals surface area (Å²) < 4.78 is 5.09. The van der Waals surface area contributed by atoms with Gasteiger partial charge in [0.15, 0.2) is 0 Å². The van der Waals surface area contributed by atoms with Gasteiger partial charge in [-0.3, -0.25) is 4.79 Å². The predicted octanol–water partition coefficient (Wildman–Crippen LogP) is 2.56. The minimum atomic E-state index is -0.608. The van der Waals surface area contributed by atoms with Crippen LogP contribution >= 0.6 is 0 Å². The maximum Gasteiger partial charge on any atom is 0.338 e. The van der Waals surface area contributed by atoms with Crippen molar-refractivity contribution in [3.8, 4) is 0 Å². The van der Waals surface area contributed by atoms with Crippen molar-refractivity contribution in [2.75, 3.05) is 5.32 Å². The zero-order valence-electron chi connectivity index (χ0n) is 13.3. The highest BCUT2D eigenvalue weighted by atomic mass is 16.5. The second kappa shape index (κ2) is 6.72. The van der Waals surface area contributed by atoms with Gasteiger partial charge in [0.05, 0.1) is 17.7 Å². The summed E-state index contributed by atoms with van der Waals surface area (Å²) in [7, 11) is 0. The Bertz CT molecular complexity index is 501. The summed E-state index contributed by atoms with van der Waals surface area (Å²) in [5.41, 5.74) is 6.62. The van der Waals surface area contributed by atoms with Crippen LogP contribution in [0.3, 0.4) is 0 Å². The molecule has 1 amide bonds. The van der Waals surface area contributed by atoms with Crippen molar-refractivity contribution >= 4 is 17.6 Å². The molecule has 0 saturated carbocycles. The van der Waals surface area contributed by atoms with E-state index in [1.807, 2.05) is 20.8 Å². The average molecular weight is 292 g/mol. The van der Waals surface area contributed by atoms with Crippen molar-refractivity contribution in [1.82, 2.24) is 0 Å². The Labute approximate surface area is 125 Å². The number of anilines is 1. The third kappa shape index (κ3) is 5.19. The molecule has 5 heteroatoms. The molecule has 1 atom stereocenters. The highest BCUT2D eigenvalue weighted by Gasteiger charge is 2.27. The molecule has 0 radical (unpaired) electrons. The molecule has 0 unspecified atom stereocenters. The van der Waals surface area contributed by atoms with Crippen molar-refractivity contribution in [3.63, 3.8) is 0 Å². The zero-order chi connectivity index (χ0) is 16.2. The number of nitrogens with two attached hydrogens (primary N) is 1. The summed E-state index contributed by atoms with van der Waals surface area (Å²) in [4.78, 5) is 23.7. The molecule has 3 N–H and O–H groups in total. The zero-order valence-corrected chi connectivity index (χ0v) is 13.3. The van der Waals surface area contributed by atoms with Gasteiger partial charge in [-0.1, -0.05) is 20.8 Å². The largest absolute Gasteiger partial charge is 0.459 e. The number of rotatable bonds is 4. The van der Waals surface area contributed by atoms with E-state index in [9.17, 15) is 9.59 Å². The van der Waals surface area contributed by atoms with Gasteiger partial charge in [0.1, 0.15) is 0 Å². The van der Waals surface area contributed by atoms with Crippen molar-refractivity contribution in [1.29, 1.82) is 0 Å². The van der Waals surface area contributed by atoms with Crippen LogP contribution in [0.1, 0.15) is 45.0 Å². The minimum absolute atomic E-state index is 0.165. The van der Waals surface area contributed by atoms with Gasteiger partial charge in [-0.25, -0.2) is 4.79 Å². The molecule has 0 spiro atoms. The molecule has 0 bridgehead atoms. The quantitative estimate of drug-likeness (QED) is 0.836. The Morgan fingerprint density at radius 2 is 1.67 bits per heavy atom. The number of amides is 1. The Balaban J connectivity index is 2.71. The maximum atomic E-state index is 12.0. The van der Waals surface area contributed by atoms with E-state index in [0.717, 1.165) is 0 Å². The second-order valence-corrected chi connectivity index (χ2v) is 6.36. The minimum Gasteiger partial charge on any atom is -0.459 e. The summed E-state index contributed by atoms with van der Waals surface area (Å²) >= 11 is 0. The summed E-state index contributed by atoms with van der Waals surface area (Å²) in [6, 6.07) is 5.93. The lowest BCUT2D eigenvalue weighted by Gasteiger charge is -2.25. The maximum absolute atomic E-state index is 12.0. The lowest BCUT2D eigenvalue weighted by Crippen LogP contribution is -2.45. The Hall–Kier alpha value is -1.88. The molecule has 116 valence electrons. The van der Waals surface area contributed by atoms with Crippen LogP contribution in [-0.2, 0) is 9.53 Å².